The van der Waals surface area contributed by atoms with Gasteiger partial charge in [-0.05, 0) is 12.0 Å². The second kappa shape index (κ2) is 7.47. The summed E-state index contributed by atoms with van der Waals surface area (Å²) in [6, 6.07) is 10.6. The first kappa shape index (κ1) is 15.1. The first-order valence-electron chi connectivity index (χ1n) is 8.01. The van der Waals surface area contributed by atoms with Crippen LogP contribution < -0.4 is 0 Å². The molecule has 0 spiro atoms. The summed E-state index contributed by atoms with van der Waals surface area (Å²) in [6.45, 7) is 5.71. The SMILES string of the molecule is CCc1ncc(CN2CCOC(Cc3ccccc3)C2)cn1. The minimum Gasteiger partial charge on any atom is -0.375 e. The van der Waals surface area contributed by atoms with Gasteiger partial charge in [-0.15, -0.1) is 0 Å². The van der Waals surface area contributed by atoms with Crippen LogP contribution in [0.1, 0.15) is 23.9 Å². The fourth-order valence-corrected chi connectivity index (χ4v) is 2.83. The molecule has 1 aromatic heterocycles. The minimum absolute atomic E-state index is 0.270. The molecule has 2 aromatic rings. The van der Waals surface area contributed by atoms with E-state index < -0.39 is 0 Å². The minimum atomic E-state index is 0.270. The van der Waals surface area contributed by atoms with Crippen LogP contribution in [0.15, 0.2) is 42.7 Å². The highest BCUT2D eigenvalue weighted by molar-refractivity contribution is 5.15. The zero-order valence-corrected chi connectivity index (χ0v) is 13.1. The lowest BCUT2D eigenvalue weighted by Crippen LogP contribution is -2.42. The van der Waals surface area contributed by atoms with Crippen molar-refractivity contribution in [3.8, 4) is 0 Å². The van der Waals surface area contributed by atoms with Crippen LogP contribution in [0.5, 0.6) is 0 Å². The topological polar surface area (TPSA) is 38.2 Å². The molecule has 1 aromatic carbocycles. The molecule has 1 aliphatic heterocycles. The van der Waals surface area contributed by atoms with Gasteiger partial charge in [-0.2, -0.15) is 0 Å². The second-order valence-corrected chi connectivity index (χ2v) is 5.78. The summed E-state index contributed by atoms with van der Waals surface area (Å²) in [4.78, 5) is 11.2. The van der Waals surface area contributed by atoms with Gasteiger partial charge in [0.1, 0.15) is 5.82 Å². The van der Waals surface area contributed by atoms with E-state index in [4.69, 9.17) is 4.74 Å². The molecule has 0 radical (unpaired) electrons. The number of ether oxygens (including phenoxy) is 1. The molecule has 3 rings (SSSR count). The van der Waals surface area contributed by atoms with Gasteiger partial charge in [0, 0.05) is 44.0 Å². The number of aromatic nitrogens is 2. The number of hydrogen-bond donors (Lipinski definition) is 0. The largest absolute Gasteiger partial charge is 0.375 e. The third-order valence-electron chi connectivity index (χ3n) is 4.01. The van der Waals surface area contributed by atoms with Crippen molar-refractivity contribution in [3.05, 3.63) is 59.7 Å². The molecule has 4 nitrogen and oxygen atoms in total. The summed E-state index contributed by atoms with van der Waals surface area (Å²) in [5, 5.41) is 0. The van der Waals surface area contributed by atoms with E-state index in [-0.39, 0.29) is 6.10 Å². The van der Waals surface area contributed by atoms with Crippen molar-refractivity contribution >= 4 is 0 Å². The van der Waals surface area contributed by atoms with Crippen molar-refractivity contribution in [1.29, 1.82) is 0 Å². The van der Waals surface area contributed by atoms with Crippen LogP contribution in [-0.4, -0.2) is 40.7 Å². The van der Waals surface area contributed by atoms with Crippen molar-refractivity contribution in [2.45, 2.75) is 32.4 Å². The first-order valence-corrected chi connectivity index (χ1v) is 8.01. The molecule has 2 heterocycles. The molecule has 0 bridgehead atoms. The average Bonchev–Trinajstić information content (AvgIpc) is 2.57. The molecule has 0 amide bonds. The van der Waals surface area contributed by atoms with Crippen molar-refractivity contribution in [2.24, 2.45) is 0 Å². The third-order valence-corrected chi connectivity index (χ3v) is 4.01. The summed E-state index contributed by atoms with van der Waals surface area (Å²) >= 11 is 0. The normalized spacial score (nSPS) is 19.2. The monoisotopic (exact) mass is 297 g/mol. The standard InChI is InChI=1S/C18H23N3O/c1-2-18-19-11-16(12-20-18)13-21-8-9-22-17(14-21)10-15-6-4-3-5-7-15/h3-7,11-12,17H,2,8-10,13-14H2,1H3. The lowest BCUT2D eigenvalue weighted by Gasteiger charge is -2.33. The van der Waals surface area contributed by atoms with Gasteiger partial charge in [0.2, 0.25) is 0 Å². The van der Waals surface area contributed by atoms with Gasteiger partial charge in [-0.25, -0.2) is 9.97 Å². The number of hydrogen-bond acceptors (Lipinski definition) is 4. The Bertz CT molecular complexity index is 571. The smallest absolute Gasteiger partial charge is 0.127 e. The molecule has 4 heteroatoms. The summed E-state index contributed by atoms with van der Waals surface area (Å²) in [7, 11) is 0. The highest BCUT2D eigenvalue weighted by Gasteiger charge is 2.20. The van der Waals surface area contributed by atoms with Crippen LogP contribution in [0.2, 0.25) is 0 Å². The van der Waals surface area contributed by atoms with Gasteiger partial charge in [0.15, 0.2) is 0 Å². The Morgan fingerprint density at radius 1 is 1.14 bits per heavy atom. The molecule has 1 aliphatic rings. The Morgan fingerprint density at radius 3 is 2.64 bits per heavy atom. The number of aryl methyl sites for hydroxylation is 1. The molecule has 1 unspecified atom stereocenters. The molecular weight excluding hydrogens is 274 g/mol. The molecule has 1 saturated heterocycles. The van der Waals surface area contributed by atoms with Crippen LogP contribution in [-0.2, 0) is 24.1 Å². The van der Waals surface area contributed by atoms with E-state index in [2.05, 4.69) is 52.1 Å². The average molecular weight is 297 g/mol. The van der Waals surface area contributed by atoms with Gasteiger partial charge in [0.25, 0.3) is 0 Å². The number of benzene rings is 1. The van der Waals surface area contributed by atoms with E-state index in [0.717, 1.165) is 44.9 Å². The zero-order valence-electron chi connectivity index (χ0n) is 13.1. The summed E-state index contributed by atoms with van der Waals surface area (Å²) in [5.41, 5.74) is 2.52. The molecule has 116 valence electrons. The first-order chi connectivity index (χ1) is 10.8. The number of morpholine rings is 1. The van der Waals surface area contributed by atoms with Gasteiger partial charge in [-0.1, -0.05) is 37.3 Å². The Kier molecular flexibility index (Phi) is 5.14. The van der Waals surface area contributed by atoms with Crippen LogP contribution in [0.25, 0.3) is 0 Å². The Morgan fingerprint density at radius 2 is 1.91 bits per heavy atom. The van der Waals surface area contributed by atoms with Crippen molar-refractivity contribution in [3.63, 3.8) is 0 Å². The fourth-order valence-electron chi connectivity index (χ4n) is 2.83. The highest BCUT2D eigenvalue weighted by atomic mass is 16.5. The predicted octanol–water partition coefficient (Wildman–Crippen LogP) is 2.48. The van der Waals surface area contributed by atoms with E-state index >= 15 is 0 Å². The molecular formula is C18H23N3O. The fraction of sp³-hybridized carbons (Fsp3) is 0.444. The van der Waals surface area contributed by atoms with Crippen LogP contribution in [0, 0.1) is 0 Å². The Balaban J connectivity index is 1.55. The molecule has 22 heavy (non-hydrogen) atoms. The van der Waals surface area contributed by atoms with Crippen molar-refractivity contribution in [2.75, 3.05) is 19.7 Å². The lowest BCUT2D eigenvalue weighted by atomic mass is 10.1. The van der Waals surface area contributed by atoms with Crippen molar-refractivity contribution in [1.82, 2.24) is 14.9 Å². The zero-order chi connectivity index (χ0) is 15.2. The van der Waals surface area contributed by atoms with E-state index in [0.29, 0.717) is 0 Å². The Hall–Kier alpha value is -1.78. The maximum atomic E-state index is 5.91. The molecule has 0 aliphatic carbocycles. The maximum Gasteiger partial charge on any atom is 0.127 e. The van der Waals surface area contributed by atoms with Crippen LogP contribution in [0.4, 0.5) is 0 Å². The molecule has 1 atom stereocenters. The van der Waals surface area contributed by atoms with E-state index in [9.17, 15) is 0 Å². The van der Waals surface area contributed by atoms with E-state index in [1.54, 1.807) is 0 Å². The quantitative estimate of drug-likeness (QED) is 0.850. The van der Waals surface area contributed by atoms with Gasteiger partial charge in [0.05, 0.1) is 12.7 Å². The predicted molar refractivity (Wildman–Crippen MR) is 86.6 cm³/mol. The van der Waals surface area contributed by atoms with Crippen LogP contribution in [0.3, 0.4) is 0 Å². The van der Waals surface area contributed by atoms with Crippen molar-refractivity contribution < 1.29 is 4.74 Å². The van der Waals surface area contributed by atoms with Crippen LogP contribution >= 0.6 is 0 Å². The van der Waals surface area contributed by atoms with Gasteiger partial charge >= 0.3 is 0 Å². The van der Waals surface area contributed by atoms with E-state index in [1.807, 2.05) is 12.4 Å². The molecule has 0 saturated carbocycles. The molecule has 0 N–H and O–H groups in total. The summed E-state index contributed by atoms with van der Waals surface area (Å²) < 4.78 is 5.91. The van der Waals surface area contributed by atoms with Gasteiger partial charge in [-0.3, -0.25) is 4.90 Å². The van der Waals surface area contributed by atoms with Gasteiger partial charge < -0.3 is 4.74 Å². The summed E-state index contributed by atoms with van der Waals surface area (Å²) in [6.07, 6.45) is 6.03. The van der Waals surface area contributed by atoms with E-state index in [1.165, 1.54) is 11.1 Å². The number of nitrogens with zero attached hydrogens (tertiary/aromatic N) is 3. The second-order valence-electron chi connectivity index (χ2n) is 5.78. The molecule has 1 fully saturated rings. The lowest BCUT2D eigenvalue weighted by molar-refractivity contribution is -0.0305. The maximum absolute atomic E-state index is 5.91. The Labute approximate surface area is 132 Å². The third kappa shape index (κ3) is 4.12. The highest BCUT2D eigenvalue weighted by Crippen LogP contribution is 2.14. The number of rotatable bonds is 5. The summed E-state index contributed by atoms with van der Waals surface area (Å²) in [5.74, 6) is 0.910.